The summed E-state index contributed by atoms with van der Waals surface area (Å²) in [5.41, 5.74) is 5.37. The summed E-state index contributed by atoms with van der Waals surface area (Å²) in [6, 6.07) is 8.19. The number of allylic oxidation sites excluding steroid dienone is 6. The number of methoxy groups -OCH3 is 1. The van der Waals surface area contributed by atoms with Crippen molar-refractivity contribution in [2.45, 2.75) is 50.5 Å². The molecule has 1 aromatic carbocycles. The molecule has 34 heavy (non-hydrogen) atoms. The fourth-order valence-corrected chi connectivity index (χ4v) is 3.89. The van der Waals surface area contributed by atoms with Crippen LogP contribution in [0, 0.1) is 0 Å². The van der Waals surface area contributed by atoms with Gasteiger partial charge in [0.05, 0.1) is 7.11 Å². The van der Waals surface area contributed by atoms with Crippen LogP contribution in [-0.2, 0) is 16.0 Å². The van der Waals surface area contributed by atoms with E-state index in [0.29, 0.717) is 19.3 Å². The van der Waals surface area contributed by atoms with Crippen LogP contribution >= 0.6 is 11.8 Å². The second kappa shape index (κ2) is 15.8. The Morgan fingerprint density at radius 1 is 1.29 bits per heavy atom. The third-order valence-corrected chi connectivity index (χ3v) is 5.95. The van der Waals surface area contributed by atoms with Gasteiger partial charge in [0.1, 0.15) is 11.3 Å². The Morgan fingerprint density at radius 2 is 2.00 bits per heavy atom. The standard InChI is InChI=1S/C21H24N2O2S.C5H9N.C2H6/c1-15-14-21(23-22-15,17-5-4-6-18(25-2)10-9-17)20(24)13-16-7-11-19(26-3)12-8-16;1-3-4-5-6-2;1-2/h4,6-12,23H,5,13-14H2,1-3H3;3-6H,1H2,2H3;1-2H3/b;5-4-;. The molecular formula is C28H39N3O2S. The van der Waals surface area contributed by atoms with Crippen LogP contribution < -0.4 is 10.7 Å². The highest BCUT2D eigenvalue weighted by atomic mass is 32.2. The number of carbonyl (C=O) groups excluding carboxylic acids is 1. The average molecular weight is 482 g/mol. The fraction of sp³-hybridized carbons (Fsp3) is 0.357. The van der Waals surface area contributed by atoms with E-state index in [4.69, 9.17) is 4.74 Å². The summed E-state index contributed by atoms with van der Waals surface area (Å²) in [4.78, 5) is 14.5. The number of nitrogens with zero attached hydrogens (tertiary/aromatic N) is 1. The van der Waals surface area contributed by atoms with E-state index >= 15 is 0 Å². The monoisotopic (exact) mass is 481 g/mol. The van der Waals surface area contributed by atoms with Crippen LogP contribution in [0.2, 0.25) is 0 Å². The fourth-order valence-electron chi connectivity index (χ4n) is 3.48. The first-order valence-corrected chi connectivity index (χ1v) is 12.7. The third-order valence-electron chi connectivity index (χ3n) is 5.21. The van der Waals surface area contributed by atoms with Gasteiger partial charge in [0, 0.05) is 30.5 Å². The van der Waals surface area contributed by atoms with Crippen molar-refractivity contribution in [3.8, 4) is 0 Å². The summed E-state index contributed by atoms with van der Waals surface area (Å²) in [6.07, 6.45) is 17.0. The molecule has 0 spiro atoms. The zero-order chi connectivity index (χ0) is 25.4. The van der Waals surface area contributed by atoms with Crippen LogP contribution in [-0.4, -0.2) is 37.4 Å². The van der Waals surface area contributed by atoms with E-state index in [1.54, 1.807) is 24.9 Å². The number of hydrogen-bond donors (Lipinski definition) is 2. The molecule has 0 fully saturated rings. The van der Waals surface area contributed by atoms with Crippen molar-refractivity contribution >= 4 is 23.3 Å². The van der Waals surface area contributed by atoms with Gasteiger partial charge in [0.25, 0.3) is 0 Å². The molecule has 2 aliphatic rings. The summed E-state index contributed by atoms with van der Waals surface area (Å²) in [7, 11) is 3.50. The van der Waals surface area contributed by atoms with E-state index in [0.717, 1.165) is 22.6 Å². The largest absolute Gasteiger partial charge is 0.497 e. The minimum Gasteiger partial charge on any atom is -0.497 e. The molecule has 6 heteroatoms. The molecule has 0 radical (unpaired) electrons. The predicted octanol–water partition coefficient (Wildman–Crippen LogP) is 5.98. The van der Waals surface area contributed by atoms with Gasteiger partial charge in [-0.25, -0.2) is 0 Å². The molecule has 0 saturated heterocycles. The topological polar surface area (TPSA) is 62.7 Å². The molecule has 0 saturated carbocycles. The van der Waals surface area contributed by atoms with Crippen molar-refractivity contribution in [3.05, 3.63) is 90.4 Å². The lowest BCUT2D eigenvalue weighted by Gasteiger charge is -2.30. The van der Waals surface area contributed by atoms with E-state index in [-0.39, 0.29) is 5.78 Å². The van der Waals surface area contributed by atoms with Gasteiger partial charge in [0.2, 0.25) is 0 Å². The van der Waals surface area contributed by atoms with E-state index < -0.39 is 5.54 Å². The van der Waals surface area contributed by atoms with Crippen molar-refractivity contribution in [1.29, 1.82) is 0 Å². The quantitative estimate of drug-likeness (QED) is 0.353. The Hall–Kier alpha value is -2.99. The van der Waals surface area contributed by atoms with E-state index in [1.807, 2.05) is 82.8 Å². The maximum absolute atomic E-state index is 13.3. The molecule has 1 heterocycles. The number of nitrogens with one attached hydrogen (secondary N) is 2. The van der Waals surface area contributed by atoms with Gasteiger partial charge >= 0.3 is 0 Å². The molecule has 5 nitrogen and oxygen atoms in total. The molecule has 0 aromatic heterocycles. The number of benzene rings is 1. The lowest BCUT2D eigenvalue weighted by atomic mass is 9.78. The Morgan fingerprint density at radius 3 is 2.50 bits per heavy atom. The van der Waals surface area contributed by atoms with Gasteiger partial charge in [-0.2, -0.15) is 5.10 Å². The lowest BCUT2D eigenvalue weighted by molar-refractivity contribution is -0.123. The first-order chi connectivity index (χ1) is 16.5. The lowest BCUT2D eigenvalue weighted by Crippen LogP contribution is -2.49. The second-order valence-corrected chi connectivity index (χ2v) is 8.32. The van der Waals surface area contributed by atoms with Crippen LogP contribution in [0.1, 0.15) is 39.2 Å². The Labute approximate surface area is 209 Å². The minimum atomic E-state index is -0.772. The maximum Gasteiger partial charge on any atom is 0.168 e. The number of Topliss-reactive ketones (excluding diaryl/α,β-unsaturated/α-hetero) is 1. The summed E-state index contributed by atoms with van der Waals surface area (Å²) in [5, 5.41) is 7.17. The van der Waals surface area contributed by atoms with Gasteiger partial charge < -0.3 is 10.1 Å². The van der Waals surface area contributed by atoms with Crippen LogP contribution in [0.15, 0.2) is 94.8 Å². The highest BCUT2D eigenvalue weighted by Gasteiger charge is 2.44. The van der Waals surface area contributed by atoms with E-state index in [1.165, 1.54) is 4.90 Å². The second-order valence-electron chi connectivity index (χ2n) is 7.44. The van der Waals surface area contributed by atoms with E-state index in [2.05, 4.69) is 34.6 Å². The third kappa shape index (κ3) is 8.41. The van der Waals surface area contributed by atoms with Gasteiger partial charge in [-0.05, 0) is 67.3 Å². The molecule has 3 rings (SSSR count). The number of hydrogen-bond acceptors (Lipinski definition) is 6. The molecule has 184 valence electrons. The SMILES string of the molecule is C=C/C=C\NC.CC.COC1=CC=C(C2(C(=O)Cc3ccc(SC)cc3)CC(C)=NN2)CC=C1. The van der Waals surface area contributed by atoms with Crippen molar-refractivity contribution < 1.29 is 9.53 Å². The van der Waals surface area contributed by atoms with E-state index in [9.17, 15) is 4.79 Å². The number of ether oxygens (including phenoxy) is 1. The number of thioether (sulfide) groups is 1. The minimum absolute atomic E-state index is 0.143. The molecule has 1 aromatic rings. The van der Waals surface area contributed by atoms with Crippen molar-refractivity contribution in [2.75, 3.05) is 20.4 Å². The molecule has 1 aliphatic carbocycles. The smallest absolute Gasteiger partial charge is 0.168 e. The van der Waals surface area contributed by atoms with Gasteiger partial charge in [-0.15, -0.1) is 11.8 Å². The molecule has 1 aliphatic heterocycles. The van der Waals surface area contributed by atoms with Crippen LogP contribution in [0.25, 0.3) is 0 Å². The van der Waals surface area contributed by atoms with Crippen molar-refractivity contribution in [3.63, 3.8) is 0 Å². The Balaban J connectivity index is 0.000000631. The molecule has 0 bridgehead atoms. The number of carbonyl (C=O) groups is 1. The van der Waals surface area contributed by atoms with Crippen LogP contribution in [0.3, 0.4) is 0 Å². The Bertz CT molecular complexity index is 943. The van der Waals surface area contributed by atoms with Gasteiger partial charge in [0.15, 0.2) is 5.78 Å². The predicted molar refractivity (Wildman–Crippen MR) is 147 cm³/mol. The summed E-state index contributed by atoms with van der Waals surface area (Å²) < 4.78 is 5.31. The zero-order valence-corrected chi connectivity index (χ0v) is 22.2. The normalized spacial score (nSPS) is 18.6. The summed E-state index contributed by atoms with van der Waals surface area (Å²) >= 11 is 1.70. The highest BCUT2D eigenvalue weighted by Crippen LogP contribution is 2.33. The van der Waals surface area contributed by atoms with Crippen LogP contribution in [0.5, 0.6) is 0 Å². The van der Waals surface area contributed by atoms with Crippen molar-refractivity contribution in [2.24, 2.45) is 5.10 Å². The summed E-state index contributed by atoms with van der Waals surface area (Å²) in [6.45, 7) is 9.43. The maximum atomic E-state index is 13.3. The molecule has 0 amide bonds. The molecule has 1 unspecified atom stereocenters. The van der Waals surface area contributed by atoms with Gasteiger partial charge in [-0.1, -0.05) is 50.8 Å². The number of hydrazone groups is 1. The average Bonchev–Trinajstić information content (AvgIpc) is 3.11. The molecular weight excluding hydrogens is 442 g/mol. The van der Waals surface area contributed by atoms with Crippen molar-refractivity contribution in [1.82, 2.24) is 10.7 Å². The summed E-state index contributed by atoms with van der Waals surface area (Å²) in [5.74, 6) is 0.926. The first-order valence-electron chi connectivity index (χ1n) is 11.5. The molecule has 2 N–H and O–H groups in total. The molecule has 1 atom stereocenters. The van der Waals surface area contributed by atoms with Crippen LogP contribution in [0.4, 0.5) is 0 Å². The number of ketones is 1. The highest BCUT2D eigenvalue weighted by molar-refractivity contribution is 7.98. The number of rotatable bonds is 8. The Kier molecular flexibility index (Phi) is 13.5. The first kappa shape index (κ1) is 29.0. The van der Waals surface area contributed by atoms with Gasteiger partial charge in [-0.3, -0.25) is 10.2 Å². The zero-order valence-electron chi connectivity index (χ0n) is 21.4.